The summed E-state index contributed by atoms with van der Waals surface area (Å²) in [7, 11) is 0. The number of hydrogen-bond donors (Lipinski definition) is 1. The van der Waals surface area contributed by atoms with Crippen molar-refractivity contribution in [1.82, 2.24) is 0 Å². The fourth-order valence-electron chi connectivity index (χ4n) is 1.58. The minimum Gasteiger partial charge on any atom is -0.435 e. The number of amides is 1. The summed E-state index contributed by atoms with van der Waals surface area (Å²) in [4.78, 5) is 22.5. The lowest BCUT2D eigenvalue weighted by molar-refractivity contribution is -0.320. The van der Waals surface area contributed by atoms with E-state index in [-0.39, 0.29) is 11.4 Å². The number of fused-ring (bicyclic) bond motifs is 1. The van der Waals surface area contributed by atoms with Gasteiger partial charge in [0.15, 0.2) is 0 Å². The highest BCUT2D eigenvalue weighted by molar-refractivity contribution is 6.01. The Hall–Kier alpha value is -2.25. The maximum absolute atomic E-state index is 13.0. The lowest BCUT2D eigenvalue weighted by Crippen LogP contribution is -2.63. The third-order valence-corrected chi connectivity index (χ3v) is 2.35. The van der Waals surface area contributed by atoms with E-state index in [1.165, 1.54) is 24.3 Å². The molecule has 5 nitrogen and oxygen atoms in total. The number of ether oxygens (including phenoxy) is 2. The molecule has 0 saturated carbocycles. The molecule has 102 valence electrons. The molecule has 1 heterocycles. The third-order valence-electron chi connectivity index (χ3n) is 2.35. The molecule has 0 aromatic heterocycles. The average molecular weight is 275 g/mol. The van der Waals surface area contributed by atoms with Gasteiger partial charge in [-0.2, -0.15) is 13.2 Å². The summed E-state index contributed by atoms with van der Waals surface area (Å²) in [6.07, 6.45) is -5.21. The fourth-order valence-corrected chi connectivity index (χ4v) is 1.58. The molecule has 0 saturated heterocycles. The second-order valence-electron chi connectivity index (χ2n) is 3.76. The van der Waals surface area contributed by atoms with E-state index in [2.05, 4.69) is 9.47 Å². The monoisotopic (exact) mass is 275 g/mol. The van der Waals surface area contributed by atoms with Gasteiger partial charge in [0.05, 0.1) is 5.69 Å². The van der Waals surface area contributed by atoms with Gasteiger partial charge in [-0.25, -0.2) is 0 Å². The largest absolute Gasteiger partial charge is 0.478 e. The molecule has 0 fully saturated rings. The Kier molecular flexibility index (Phi) is 2.88. The van der Waals surface area contributed by atoms with E-state index >= 15 is 0 Å². The molecule has 0 spiro atoms. The number of halogens is 3. The number of hydrogen-bond acceptors (Lipinski definition) is 4. The highest BCUT2D eigenvalue weighted by Crippen LogP contribution is 2.42. The van der Waals surface area contributed by atoms with Crippen LogP contribution in [0.4, 0.5) is 18.9 Å². The molecule has 0 radical (unpaired) electrons. The molecule has 1 N–H and O–H groups in total. The van der Waals surface area contributed by atoms with Crippen LogP contribution in [0, 0.1) is 0 Å². The number of carbonyl (C=O) groups excluding carboxylic acids is 2. The van der Waals surface area contributed by atoms with E-state index in [0.717, 1.165) is 6.92 Å². The first-order valence-corrected chi connectivity index (χ1v) is 5.12. The van der Waals surface area contributed by atoms with E-state index in [1.54, 1.807) is 0 Å². The van der Waals surface area contributed by atoms with Crippen molar-refractivity contribution in [2.24, 2.45) is 0 Å². The highest BCUT2D eigenvalue weighted by Gasteiger charge is 2.69. The van der Waals surface area contributed by atoms with Gasteiger partial charge in [-0.15, -0.1) is 0 Å². The SMILES string of the molecule is CC(=O)O[C@@]1(C(F)(F)F)Oc2ccccc2NC1=O. The zero-order chi connectivity index (χ0) is 14.3. The summed E-state index contributed by atoms with van der Waals surface area (Å²) in [5.41, 5.74) is 0.0690. The summed E-state index contributed by atoms with van der Waals surface area (Å²) in [5.74, 6) is -6.78. The van der Waals surface area contributed by atoms with Gasteiger partial charge in [-0.3, -0.25) is 9.59 Å². The number of para-hydroxylation sites is 2. The molecule has 1 aromatic rings. The van der Waals surface area contributed by atoms with Gasteiger partial charge in [0.1, 0.15) is 5.75 Å². The maximum atomic E-state index is 13.0. The quantitative estimate of drug-likeness (QED) is 0.794. The summed E-state index contributed by atoms with van der Waals surface area (Å²) < 4.78 is 47.9. The second-order valence-corrected chi connectivity index (χ2v) is 3.76. The normalized spacial score (nSPS) is 22.0. The van der Waals surface area contributed by atoms with Crippen molar-refractivity contribution < 1.29 is 32.2 Å². The Morgan fingerprint density at radius 2 is 2.00 bits per heavy atom. The Morgan fingerprint density at radius 1 is 1.37 bits per heavy atom. The van der Waals surface area contributed by atoms with Crippen LogP contribution in [0.5, 0.6) is 5.75 Å². The molecule has 19 heavy (non-hydrogen) atoms. The van der Waals surface area contributed by atoms with E-state index in [4.69, 9.17) is 0 Å². The molecule has 2 rings (SSSR count). The molecular formula is C11H8F3NO4. The third kappa shape index (κ3) is 2.09. The Balaban J connectivity index is 2.51. The topological polar surface area (TPSA) is 64.6 Å². The molecule has 0 unspecified atom stereocenters. The van der Waals surface area contributed by atoms with Gasteiger partial charge in [0, 0.05) is 6.92 Å². The molecule has 0 aliphatic carbocycles. The molecule has 1 aliphatic heterocycles. The van der Waals surface area contributed by atoms with E-state index in [1.807, 2.05) is 5.32 Å². The van der Waals surface area contributed by atoms with Gasteiger partial charge in [-0.05, 0) is 12.1 Å². The molecule has 0 bridgehead atoms. The van der Waals surface area contributed by atoms with Crippen molar-refractivity contribution in [2.45, 2.75) is 18.9 Å². The zero-order valence-electron chi connectivity index (χ0n) is 9.58. The van der Waals surface area contributed by atoms with E-state index in [9.17, 15) is 22.8 Å². The summed E-state index contributed by atoms with van der Waals surface area (Å²) in [5, 5.41) is 2.00. The lowest BCUT2D eigenvalue weighted by atomic mass is 10.1. The van der Waals surface area contributed by atoms with Crippen molar-refractivity contribution in [2.75, 3.05) is 5.32 Å². The number of rotatable bonds is 1. The summed E-state index contributed by atoms with van der Waals surface area (Å²) >= 11 is 0. The predicted octanol–water partition coefficient (Wildman–Crippen LogP) is 1.84. The van der Waals surface area contributed by atoms with Crippen molar-refractivity contribution in [1.29, 1.82) is 0 Å². The minimum atomic E-state index is -5.21. The van der Waals surface area contributed by atoms with Crippen molar-refractivity contribution in [3.8, 4) is 5.75 Å². The van der Waals surface area contributed by atoms with Gasteiger partial charge in [0.2, 0.25) is 0 Å². The first-order valence-electron chi connectivity index (χ1n) is 5.12. The molecule has 1 atom stereocenters. The van der Waals surface area contributed by atoms with Crippen molar-refractivity contribution >= 4 is 17.6 Å². The van der Waals surface area contributed by atoms with Crippen LogP contribution in [0.2, 0.25) is 0 Å². The standard InChI is InChI=1S/C11H8F3NO4/c1-6(16)18-10(11(12,13)14)9(17)15-7-4-2-3-5-8(7)19-10/h2-5H,1H3,(H,15,17)/t10-/m1/s1. The smallest absolute Gasteiger partial charge is 0.435 e. The maximum Gasteiger partial charge on any atom is 0.478 e. The molecule has 1 aromatic carbocycles. The van der Waals surface area contributed by atoms with Crippen LogP contribution in [0.1, 0.15) is 6.92 Å². The van der Waals surface area contributed by atoms with Gasteiger partial charge >= 0.3 is 23.8 Å². The molecule has 8 heteroatoms. The number of alkyl halides is 3. The fraction of sp³-hybridized carbons (Fsp3) is 0.273. The Bertz CT molecular complexity index is 543. The van der Waals surface area contributed by atoms with Crippen molar-refractivity contribution in [3.63, 3.8) is 0 Å². The highest BCUT2D eigenvalue weighted by atomic mass is 19.4. The van der Waals surface area contributed by atoms with Crippen LogP contribution in [-0.2, 0) is 14.3 Å². The van der Waals surface area contributed by atoms with Gasteiger partial charge < -0.3 is 14.8 Å². The van der Waals surface area contributed by atoms with Gasteiger partial charge in [-0.1, -0.05) is 12.1 Å². The Labute approximate surface area is 105 Å². The first kappa shape index (κ1) is 13.2. The summed E-state index contributed by atoms with van der Waals surface area (Å²) in [6.45, 7) is 0.755. The number of anilines is 1. The number of carbonyl (C=O) groups is 2. The zero-order valence-corrected chi connectivity index (χ0v) is 9.58. The lowest BCUT2D eigenvalue weighted by Gasteiger charge is -2.36. The van der Waals surface area contributed by atoms with E-state index < -0.39 is 23.8 Å². The van der Waals surface area contributed by atoms with Crippen LogP contribution in [-0.4, -0.2) is 23.8 Å². The summed E-state index contributed by atoms with van der Waals surface area (Å²) in [6, 6.07) is 5.51. The number of benzene rings is 1. The number of esters is 1. The second kappa shape index (κ2) is 4.15. The molecular weight excluding hydrogens is 267 g/mol. The van der Waals surface area contributed by atoms with Crippen LogP contribution in [0.15, 0.2) is 24.3 Å². The Morgan fingerprint density at radius 3 is 2.58 bits per heavy atom. The van der Waals surface area contributed by atoms with Crippen LogP contribution in [0.3, 0.4) is 0 Å². The first-order chi connectivity index (χ1) is 8.76. The minimum absolute atomic E-state index is 0.0690. The molecule has 1 aliphatic rings. The van der Waals surface area contributed by atoms with Crippen molar-refractivity contribution in [3.05, 3.63) is 24.3 Å². The van der Waals surface area contributed by atoms with Crippen LogP contribution in [0.25, 0.3) is 0 Å². The predicted molar refractivity (Wildman–Crippen MR) is 56.3 cm³/mol. The average Bonchev–Trinajstić information content (AvgIpc) is 2.27. The molecule has 1 amide bonds. The van der Waals surface area contributed by atoms with Crippen LogP contribution >= 0.6 is 0 Å². The number of nitrogens with one attached hydrogen (secondary N) is 1. The van der Waals surface area contributed by atoms with Gasteiger partial charge in [0.25, 0.3) is 0 Å². The van der Waals surface area contributed by atoms with Crippen LogP contribution < -0.4 is 10.1 Å². The van der Waals surface area contributed by atoms with E-state index in [0.29, 0.717) is 0 Å².